The van der Waals surface area contributed by atoms with Gasteiger partial charge in [0.1, 0.15) is 11.6 Å². The molecule has 0 spiro atoms. The van der Waals surface area contributed by atoms with Gasteiger partial charge in [-0.1, -0.05) is 29.8 Å². The average Bonchev–Trinajstić information content (AvgIpc) is 2.63. The van der Waals surface area contributed by atoms with Gasteiger partial charge in [0.25, 0.3) is 0 Å². The molecule has 0 atom stereocenters. The fourth-order valence-corrected chi connectivity index (χ4v) is 2.64. The number of methoxy groups -OCH3 is 1. The van der Waals surface area contributed by atoms with Crippen LogP contribution in [0.3, 0.4) is 0 Å². The normalized spacial score (nSPS) is 10.3. The Bertz CT molecular complexity index is 798. The van der Waals surface area contributed by atoms with Crippen molar-refractivity contribution in [2.24, 2.45) is 0 Å². The zero-order valence-corrected chi connectivity index (χ0v) is 15.3. The molecule has 0 radical (unpaired) electrons. The summed E-state index contributed by atoms with van der Waals surface area (Å²) in [6.07, 6.45) is 0.101. The van der Waals surface area contributed by atoms with Crippen LogP contribution in [0, 0.1) is 5.82 Å². The highest BCUT2D eigenvalue weighted by Gasteiger charge is 2.15. The molecule has 2 aromatic rings. The molecule has 0 fully saturated rings. The lowest BCUT2D eigenvalue weighted by Crippen LogP contribution is -2.33. The summed E-state index contributed by atoms with van der Waals surface area (Å²) in [7, 11) is 1.57. The number of hydrogen-bond donors (Lipinski definition) is 1. The van der Waals surface area contributed by atoms with Crippen molar-refractivity contribution in [1.29, 1.82) is 0 Å². The minimum Gasteiger partial charge on any atom is -0.496 e. The van der Waals surface area contributed by atoms with Crippen LogP contribution in [0.25, 0.3) is 0 Å². The van der Waals surface area contributed by atoms with Crippen molar-refractivity contribution in [3.8, 4) is 5.75 Å². The van der Waals surface area contributed by atoms with E-state index in [2.05, 4.69) is 5.32 Å². The second-order valence-electron chi connectivity index (χ2n) is 5.61. The van der Waals surface area contributed by atoms with Gasteiger partial charge in [-0.25, -0.2) is 4.39 Å². The zero-order valence-electron chi connectivity index (χ0n) is 14.6. The third-order valence-corrected chi connectivity index (χ3v) is 4.12. The highest BCUT2D eigenvalue weighted by molar-refractivity contribution is 6.31. The number of amides is 2. The first-order chi connectivity index (χ1) is 12.4. The summed E-state index contributed by atoms with van der Waals surface area (Å²) in [5, 5.41) is 2.72. The van der Waals surface area contributed by atoms with E-state index in [1.165, 1.54) is 30.0 Å². The number of benzene rings is 2. The molecule has 0 saturated carbocycles. The number of hydrogen-bond acceptors (Lipinski definition) is 3. The van der Waals surface area contributed by atoms with Gasteiger partial charge in [-0.05, 0) is 24.3 Å². The standard InChI is InChI=1S/C19H20ClFN2O3/c1-13(24)23(15-7-8-17(21)16(20)11-15)10-9-19(25)22-12-14-5-3-4-6-18(14)26-2/h3-8,11H,9-10,12H2,1-2H3,(H,22,25). The number of carbonyl (C=O) groups excluding carboxylic acids is 2. The number of nitrogens with zero attached hydrogens (tertiary/aromatic N) is 1. The van der Waals surface area contributed by atoms with E-state index in [0.29, 0.717) is 18.0 Å². The summed E-state index contributed by atoms with van der Waals surface area (Å²) < 4.78 is 18.5. The maximum Gasteiger partial charge on any atom is 0.223 e. The first-order valence-corrected chi connectivity index (χ1v) is 8.42. The lowest BCUT2D eigenvalue weighted by molar-refractivity contribution is -0.121. The van der Waals surface area contributed by atoms with Crippen LogP contribution in [0.5, 0.6) is 5.75 Å². The minimum atomic E-state index is -0.562. The smallest absolute Gasteiger partial charge is 0.223 e. The molecule has 0 heterocycles. The second kappa shape index (κ2) is 9.20. The maximum absolute atomic E-state index is 13.3. The minimum absolute atomic E-state index is 0.0747. The fourth-order valence-electron chi connectivity index (χ4n) is 2.47. The highest BCUT2D eigenvalue weighted by atomic mass is 35.5. The molecule has 0 saturated heterocycles. The number of ether oxygens (including phenoxy) is 1. The monoisotopic (exact) mass is 378 g/mol. The molecule has 2 aromatic carbocycles. The van der Waals surface area contributed by atoms with E-state index in [-0.39, 0.29) is 29.8 Å². The SMILES string of the molecule is COc1ccccc1CNC(=O)CCN(C(C)=O)c1ccc(F)c(Cl)c1. The van der Waals surface area contributed by atoms with Crippen LogP contribution in [0.1, 0.15) is 18.9 Å². The van der Waals surface area contributed by atoms with Crippen LogP contribution in [0.2, 0.25) is 5.02 Å². The molecule has 0 aromatic heterocycles. The van der Waals surface area contributed by atoms with Crippen LogP contribution in [0.4, 0.5) is 10.1 Å². The third kappa shape index (κ3) is 5.20. The van der Waals surface area contributed by atoms with Crippen LogP contribution < -0.4 is 15.0 Å². The number of rotatable bonds is 7. The number of nitrogens with one attached hydrogen (secondary N) is 1. The Morgan fingerprint density at radius 3 is 2.62 bits per heavy atom. The van der Waals surface area contributed by atoms with Gasteiger partial charge in [-0.2, -0.15) is 0 Å². The number of anilines is 1. The number of para-hydroxylation sites is 1. The van der Waals surface area contributed by atoms with Crippen molar-refractivity contribution < 1.29 is 18.7 Å². The molecule has 7 heteroatoms. The van der Waals surface area contributed by atoms with Gasteiger partial charge in [-0.15, -0.1) is 0 Å². The van der Waals surface area contributed by atoms with E-state index >= 15 is 0 Å². The number of halogens is 2. The van der Waals surface area contributed by atoms with Gasteiger partial charge in [0.15, 0.2) is 0 Å². The summed E-state index contributed by atoms with van der Waals surface area (Å²) in [6.45, 7) is 1.87. The predicted octanol–water partition coefficient (Wildman–Crippen LogP) is 3.55. The quantitative estimate of drug-likeness (QED) is 0.801. The van der Waals surface area contributed by atoms with Gasteiger partial charge in [-0.3, -0.25) is 9.59 Å². The Balaban J connectivity index is 1.95. The molecule has 0 unspecified atom stereocenters. The predicted molar refractivity (Wildman–Crippen MR) is 98.9 cm³/mol. The molecule has 138 valence electrons. The first-order valence-electron chi connectivity index (χ1n) is 8.04. The lowest BCUT2D eigenvalue weighted by atomic mass is 10.2. The van der Waals surface area contributed by atoms with Crippen molar-refractivity contribution in [1.82, 2.24) is 5.32 Å². The number of carbonyl (C=O) groups is 2. The molecule has 0 bridgehead atoms. The van der Waals surface area contributed by atoms with Crippen molar-refractivity contribution >= 4 is 29.1 Å². The van der Waals surface area contributed by atoms with E-state index in [4.69, 9.17) is 16.3 Å². The third-order valence-electron chi connectivity index (χ3n) is 3.83. The van der Waals surface area contributed by atoms with Crippen LogP contribution >= 0.6 is 11.6 Å². The van der Waals surface area contributed by atoms with E-state index in [0.717, 1.165) is 5.56 Å². The topological polar surface area (TPSA) is 58.6 Å². The van der Waals surface area contributed by atoms with Crippen LogP contribution in [0.15, 0.2) is 42.5 Å². The molecule has 2 rings (SSSR count). The zero-order chi connectivity index (χ0) is 19.1. The van der Waals surface area contributed by atoms with Crippen molar-refractivity contribution in [3.63, 3.8) is 0 Å². The van der Waals surface area contributed by atoms with Gasteiger partial charge in [0.2, 0.25) is 11.8 Å². The molecule has 26 heavy (non-hydrogen) atoms. The van der Waals surface area contributed by atoms with Gasteiger partial charge >= 0.3 is 0 Å². The Morgan fingerprint density at radius 1 is 1.23 bits per heavy atom. The largest absolute Gasteiger partial charge is 0.496 e. The molecule has 0 aliphatic rings. The second-order valence-corrected chi connectivity index (χ2v) is 6.01. The lowest BCUT2D eigenvalue weighted by Gasteiger charge is -2.21. The first kappa shape index (κ1) is 19.7. The summed E-state index contributed by atoms with van der Waals surface area (Å²) in [6, 6.07) is 11.4. The van der Waals surface area contributed by atoms with Crippen molar-refractivity contribution in [2.75, 3.05) is 18.6 Å². The summed E-state index contributed by atoms with van der Waals surface area (Å²) >= 11 is 5.77. The molecular weight excluding hydrogens is 359 g/mol. The Kier molecular flexibility index (Phi) is 6.97. The van der Waals surface area contributed by atoms with E-state index < -0.39 is 5.82 Å². The molecule has 0 aliphatic carbocycles. The molecule has 5 nitrogen and oxygen atoms in total. The molecule has 0 aliphatic heterocycles. The van der Waals surface area contributed by atoms with Crippen molar-refractivity contribution in [3.05, 3.63) is 58.9 Å². The van der Waals surface area contributed by atoms with Crippen LogP contribution in [-0.2, 0) is 16.1 Å². The Hall–Kier alpha value is -2.60. The highest BCUT2D eigenvalue weighted by Crippen LogP contribution is 2.23. The Labute approximate surface area is 156 Å². The summed E-state index contributed by atoms with van der Waals surface area (Å²) in [4.78, 5) is 25.4. The summed E-state index contributed by atoms with van der Waals surface area (Å²) in [5.74, 6) is -0.340. The van der Waals surface area contributed by atoms with Crippen molar-refractivity contribution in [2.45, 2.75) is 19.9 Å². The molecule has 2 amide bonds. The van der Waals surface area contributed by atoms with Gasteiger partial charge in [0, 0.05) is 37.7 Å². The molecule has 1 N–H and O–H groups in total. The maximum atomic E-state index is 13.3. The van der Waals surface area contributed by atoms with Crippen LogP contribution in [-0.4, -0.2) is 25.5 Å². The van der Waals surface area contributed by atoms with E-state index in [9.17, 15) is 14.0 Å². The Morgan fingerprint density at radius 2 is 1.96 bits per heavy atom. The van der Waals surface area contributed by atoms with Gasteiger partial charge < -0.3 is 15.0 Å². The van der Waals surface area contributed by atoms with Gasteiger partial charge in [0.05, 0.1) is 12.1 Å². The van der Waals surface area contributed by atoms with E-state index in [1.807, 2.05) is 24.3 Å². The fraction of sp³-hybridized carbons (Fsp3) is 0.263. The molecular formula is C19H20ClFN2O3. The average molecular weight is 379 g/mol. The summed E-state index contributed by atoms with van der Waals surface area (Å²) in [5.41, 5.74) is 1.30. The van der Waals surface area contributed by atoms with E-state index in [1.54, 1.807) is 7.11 Å².